The molecule has 1 N–H and O–H groups in total. The zero-order valence-electron chi connectivity index (χ0n) is 14.0. The number of nitrogens with one attached hydrogen (secondary N) is 1. The van der Waals surface area contributed by atoms with E-state index in [2.05, 4.69) is 45.9 Å². The summed E-state index contributed by atoms with van der Waals surface area (Å²) in [7, 11) is 0. The first-order valence-corrected chi connectivity index (χ1v) is 8.05. The highest BCUT2D eigenvalue weighted by molar-refractivity contribution is 5.38. The minimum Gasteiger partial charge on any atom is -0.464 e. The molecule has 0 saturated heterocycles. The van der Waals surface area contributed by atoms with Gasteiger partial charge in [0.1, 0.15) is 0 Å². The maximum Gasteiger partial charge on any atom is 0.323 e. The van der Waals surface area contributed by atoms with Crippen LogP contribution in [-0.2, 0) is 0 Å². The largest absolute Gasteiger partial charge is 0.464 e. The first kappa shape index (κ1) is 17.5. The molecule has 6 heteroatoms. The summed E-state index contributed by atoms with van der Waals surface area (Å²) in [5, 5.41) is 3.14. The first-order chi connectivity index (χ1) is 10.2. The van der Waals surface area contributed by atoms with Gasteiger partial charge in [-0.1, -0.05) is 26.7 Å². The Morgan fingerprint density at radius 3 is 2.29 bits per heavy atom. The van der Waals surface area contributed by atoms with Crippen LogP contribution in [0.25, 0.3) is 0 Å². The second kappa shape index (κ2) is 9.37. The van der Waals surface area contributed by atoms with Crippen LogP contribution < -0.4 is 15.0 Å². The number of nitrogens with zero attached hydrogens (tertiary/aromatic N) is 4. The lowest BCUT2D eigenvalue weighted by Crippen LogP contribution is -2.31. The van der Waals surface area contributed by atoms with E-state index < -0.39 is 0 Å². The Morgan fingerprint density at radius 2 is 1.76 bits per heavy atom. The third-order valence-electron chi connectivity index (χ3n) is 3.51. The smallest absolute Gasteiger partial charge is 0.323 e. The van der Waals surface area contributed by atoms with Gasteiger partial charge in [0.05, 0.1) is 6.61 Å². The molecule has 120 valence electrons. The summed E-state index contributed by atoms with van der Waals surface area (Å²) in [6.07, 6.45) is 2.33. The number of hydrogen-bond acceptors (Lipinski definition) is 6. The molecule has 0 aromatic carbocycles. The number of aromatic nitrogens is 3. The molecule has 0 aliphatic heterocycles. The van der Waals surface area contributed by atoms with Gasteiger partial charge in [0.15, 0.2) is 0 Å². The Hall–Kier alpha value is -1.59. The number of hydrogen-bond donors (Lipinski definition) is 1. The Balaban J connectivity index is 2.99. The Labute approximate surface area is 128 Å². The second-order valence-electron chi connectivity index (χ2n) is 4.93. The lowest BCUT2D eigenvalue weighted by atomic mass is 10.0. The second-order valence-corrected chi connectivity index (χ2v) is 4.93. The van der Waals surface area contributed by atoms with E-state index in [1.807, 2.05) is 13.8 Å². The minimum absolute atomic E-state index is 0.390. The van der Waals surface area contributed by atoms with Crippen molar-refractivity contribution in [1.82, 2.24) is 15.0 Å². The first-order valence-electron chi connectivity index (χ1n) is 8.05. The summed E-state index contributed by atoms with van der Waals surface area (Å²) in [5.74, 6) is 1.92. The van der Waals surface area contributed by atoms with E-state index in [1.165, 1.54) is 0 Å². The molecule has 0 radical (unpaired) electrons. The zero-order chi connectivity index (χ0) is 15.7. The summed E-state index contributed by atoms with van der Waals surface area (Å²) in [4.78, 5) is 15.4. The quantitative estimate of drug-likeness (QED) is 0.716. The van der Waals surface area contributed by atoms with Crippen molar-refractivity contribution in [2.45, 2.75) is 47.5 Å². The molecule has 1 aromatic rings. The van der Waals surface area contributed by atoms with E-state index in [0.717, 1.165) is 32.5 Å². The van der Waals surface area contributed by atoms with Gasteiger partial charge >= 0.3 is 6.01 Å². The van der Waals surface area contributed by atoms with Crippen LogP contribution in [-0.4, -0.2) is 41.2 Å². The molecule has 0 unspecified atom stereocenters. The van der Waals surface area contributed by atoms with Crippen molar-refractivity contribution in [3.63, 3.8) is 0 Å². The summed E-state index contributed by atoms with van der Waals surface area (Å²) < 4.78 is 5.46. The average Bonchev–Trinajstić information content (AvgIpc) is 2.49. The molecule has 0 aliphatic carbocycles. The van der Waals surface area contributed by atoms with E-state index in [-0.39, 0.29) is 0 Å². The van der Waals surface area contributed by atoms with Crippen LogP contribution in [0.15, 0.2) is 0 Å². The predicted molar refractivity (Wildman–Crippen MR) is 87.1 cm³/mol. The highest BCUT2D eigenvalue weighted by Gasteiger charge is 2.16. The van der Waals surface area contributed by atoms with Crippen LogP contribution in [0.4, 0.5) is 11.9 Å². The van der Waals surface area contributed by atoms with Crippen LogP contribution in [0.3, 0.4) is 0 Å². The maximum atomic E-state index is 5.46. The Morgan fingerprint density at radius 1 is 1.05 bits per heavy atom. The fraction of sp³-hybridized carbons (Fsp3) is 0.800. The third kappa shape index (κ3) is 5.36. The number of anilines is 2. The van der Waals surface area contributed by atoms with Crippen molar-refractivity contribution in [3.8, 4) is 6.01 Å². The molecule has 21 heavy (non-hydrogen) atoms. The Bertz CT molecular complexity index is 385. The van der Waals surface area contributed by atoms with Crippen molar-refractivity contribution in [3.05, 3.63) is 0 Å². The van der Waals surface area contributed by atoms with Crippen LogP contribution >= 0.6 is 0 Å². The highest BCUT2D eigenvalue weighted by Crippen LogP contribution is 2.18. The van der Waals surface area contributed by atoms with E-state index >= 15 is 0 Å². The fourth-order valence-electron chi connectivity index (χ4n) is 2.13. The molecule has 1 heterocycles. The van der Waals surface area contributed by atoms with Gasteiger partial charge in [0, 0.05) is 19.6 Å². The molecule has 0 saturated carbocycles. The van der Waals surface area contributed by atoms with E-state index in [1.54, 1.807) is 0 Å². The standard InChI is InChI=1S/C15H29N5O/c1-6-12(7-2)11-20(9-4)14-17-13(16-8-3)18-15(19-14)21-10-5/h12H,6-11H2,1-5H3,(H,16,17,18,19). The summed E-state index contributed by atoms with van der Waals surface area (Å²) >= 11 is 0. The summed E-state index contributed by atoms with van der Waals surface area (Å²) in [6.45, 7) is 13.7. The summed E-state index contributed by atoms with van der Waals surface area (Å²) in [5.41, 5.74) is 0. The van der Waals surface area contributed by atoms with Gasteiger partial charge in [0.25, 0.3) is 0 Å². The third-order valence-corrected chi connectivity index (χ3v) is 3.51. The lowest BCUT2D eigenvalue weighted by molar-refractivity contribution is 0.311. The van der Waals surface area contributed by atoms with Crippen LogP contribution in [0.2, 0.25) is 0 Å². The van der Waals surface area contributed by atoms with Gasteiger partial charge in [-0.2, -0.15) is 15.0 Å². The Kier molecular flexibility index (Phi) is 7.79. The molecule has 1 aromatic heterocycles. The monoisotopic (exact) mass is 295 g/mol. The molecule has 0 spiro atoms. The predicted octanol–water partition coefficient (Wildman–Crippen LogP) is 2.96. The fourth-order valence-corrected chi connectivity index (χ4v) is 2.13. The summed E-state index contributed by atoms with van der Waals surface area (Å²) in [6, 6.07) is 0.390. The maximum absolute atomic E-state index is 5.46. The molecular weight excluding hydrogens is 266 g/mol. The van der Waals surface area contributed by atoms with Gasteiger partial charge in [-0.25, -0.2) is 0 Å². The van der Waals surface area contributed by atoms with E-state index in [9.17, 15) is 0 Å². The van der Waals surface area contributed by atoms with Crippen molar-refractivity contribution in [2.24, 2.45) is 5.92 Å². The SMILES string of the molecule is CCNc1nc(OCC)nc(N(CC)CC(CC)CC)n1. The zero-order valence-corrected chi connectivity index (χ0v) is 14.0. The number of ether oxygens (including phenoxy) is 1. The molecule has 0 amide bonds. The van der Waals surface area contributed by atoms with Crippen molar-refractivity contribution in [1.29, 1.82) is 0 Å². The van der Waals surface area contributed by atoms with E-state index in [4.69, 9.17) is 4.74 Å². The minimum atomic E-state index is 0.390. The van der Waals surface area contributed by atoms with Crippen molar-refractivity contribution >= 4 is 11.9 Å². The van der Waals surface area contributed by atoms with Gasteiger partial charge in [-0.05, 0) is 26.7 Å². The molecule has 0 bridgehead atoms. The van der Waals surface area contributed by atoms with Gasteiger partial charge < -0.3 is 15.0 Å². The van der Waals surface area contributed by atoms with Gasteiger partial charge in [-0.3, -0.25) is 0 Å². The molecule has 0 aliphatic rings. The molecule has 6 nitrogen and oxygen atoms in total. The average molecular weight is 295 g/mol. The van der Waals surface area contributed by atoms with E-state index in [0.29, 0.717) is 30.4 Å². The van der Waals surface area contributed by atoms with Gasteiger partial charge in [0.2, 0.25) is 11.9 Å². The highest BCUT2D eigenvalue weighted by atomic mass is 16.5. The molecule has 0 fully saturated rings. The van der Waals surface area contributed by atoms with Crippen LogP contribution in [0, 0.1) is 5.92 Å². The lowest BCUT2D eigenvalue weighted by Gasteiger charge is -2.25. The van der Waals surface area contributed by atoms with Crippen molar-refractivity contribution in [2.75, 3.05) is 36.5 Å². The number of rotatable bonds is 10. The van der Waals surface area contributed by atoms with Crippen LogP contribution in [0.1, 0.15) is 47.5 Å². The molecule has 0 atom stereocenters. The molecule has 1 rings (SSSR count). The van der Waals surface area contributed by atoms with Crippen LogP contribution in [0.5, 0.6) is 6.01 Å². The van der Waals surface area contributed by atoms with Gasteiger partial charge in [-0.15, -0.1) is 0 Å². The molecular formula is C15H29N5O. The van der Waals surface area contributed by atoms with Crippen molar-refractivity contribution < 1.29 is 4.74 Å². The topological polar surface area (TPSA) is 63.2 Å². The normalized spacial score (nSPS) is 10.8.